The van der Waals surface area contributed by atoms with Gasteiger partial charge in [-0.15, -0.1) is 0 Å². The van der Waals surface area contributed by atoms with E-state index in [1.165, 1.54) is 0 Å². The Balaban J connectivity index is 1.75. The first kappa shape index (κ1) is 16.6. The van der Waals surface area contributed by atoms with Gasteiger partial charge < -0.3 is 25.2 Å². The summed E-state index contributed by atoms with van der Waals surface area (Å²) in [4.78, 5) is 34.1. The number of hydrogen-bond acceptors (Lipinski definition) is 5. The number of carboxylic acids is 1. The number of fused-ring (bicyclic) bond motifs is 1. The molecule has 1 aliphatic heterocycles. The summed E-state index contributed by atoms with van der Waals surface area (Å²) in [5, 5.41) is 13.7. The molecule has 23 heavy (non-hydrogen) atoms. The van der Waals surface area contributed by atoms with Gasteiger partial charge in [0.25, 0.3) is 5.91 Å². The highest BCUT2D eigenvalue weighted by atomic mass is 16.7. The second-order valence-electron chi connectivity index (χ2n) is 5.26. The van der Waals surface area contributed by atoms with Crippen molar-refractivity contribution in [1.29, 1.82) is 0 Å². The Hall–Kier alpha value is -2.77. The number of ether oxygens (including phenoxy) is 2. The van der Waals surface area contributed by atoms with Gasteiger partial charge >= 0.3 is 5.97 Å². The predicted octanol–water partition coefficient (Wildman–Crippen LogP) is 0.372. The van der Waals surface area contributed by atoms with E-state index in [9.17, 15) is 14.4 Å². The van der Waals surface area contributed by atoms with Gasteiger partial charge in [0.15, 0.2) is 11.5 Å². The standard InChI is InChI=1S/C15H18N2O6/c1-9(4-14(19)20)6-16-13(18)7-17-15(21)10-2-3-11-12(5-10)23-8-22-11/h2-3,5,9H,4,6-8H2,1H3,(H,16,18)(H,17,21)(H,19,20). The Kier molecular flexibility index (Phi) is 5.40. The molecule has 8 nitrogen and oxygen atoms in total. The van der Waals surface area contributed by atoms with Crippen molar-refractivity contribution in [2.45, 2.75) is 13.3 Å². The first-order valence-electron chi connectivity index (χ1n) is 7.12. The Morgan fingerprint density at radius 3 is 2.70 bits per heavy atom. The zero-order valence-corrected chi connectivity index (χ0v) is 12.6. The molecule has 2 amide bonds. The van der Waals surface area contributed by atoms with Crippen molar-refractivity contribution in [2.24, 2.45) is 5.92 Å². The number of nitrogens with one attached hydrogen (secondary N) is 2. The first-order chi connectivity index (χ1) is 11.0. The second-order valence-corrected chi connectivity index (χ2v) is 5.26. The molecule has 1 unspecified atom stereocenters. The van der Waals surface area contributed by atoms with Gasteiger partial charge in [-0.2, -0.15) is 0 Å². The maximum Gasteiger partial charge on any atom is 0.303 e. The van der Waals surface area contributed by atoms with Crippen LogP contribution in [0.5, 0.6) is 11.5 Å². The maximum absolute atomic E-state index is 12.0. The van der Waals surface area contributed by atoms with Crippen LogP contribution >= 0.6 is 0 Å². The molecule has 0 radical (unpaired) electrons. The number of rotatable bonds is 7. The molecule has 1 aromatic rings. The zero-order valence-electron chi connectivity index (χ0n) is 12.6. The topological polar surface area (TPSA) is 114 Å². The van der Waals surface area contributed by atoms with Crippen LogP contribution in [0.4, 0.5) is 0 Å². The van der Waals surface area contributed by atoms with Crippen LogP contribution in [0.15, 0.2) is 18.2 Å². The molecule has 3 N–H and O–H groups in total. The van der Waals surface area contributed by atoms with E-state index in [2.05, 4.69) is 10.6 Å². The third-order valence-corrected chi connectivity index (χ3v) is 3.22. The molecule has 0 aliphatic carbocycles. The molecular formula is C15H18N2O6. The van der Waals surface area contributed by atoms with Crippen LogP contribution in [-0.2, 0) is 9.59 Å². The molecule has 1 aliphatic rings. The summed E-state index contributed by atoms with van der Waals surface area (Å²) in [5.41, 5.74) is 0.362. The molecule has 1 heterocycles. The summed E-state index contributed by atoms with van der Waals surface area (Å²) in [5.74, 6) is -0.812. The van der Waals surface area contributed by atoms with Gasteiger partial charge in [0.05, 0.1) is 6.54 Å². The fourth-order valence-electron chi connectivity index (χ4n) is 2.02. The van der Waals surface area contributed by atoms with E-state index in [1.54, 1.807) is 25.1 Å². The lowest BCUT2D eigenvalue weighted by atomic mass is 10.1. The molecule has 1 atom stereocenters. The second kappa shape index (κ2) is 7.48. The van der Waals surface area contributed by atoms with Gasteiger partial charge in [-0.1, -0.05) is 6.92 Å². The Bertz CT molecular complexity index is 616. The summed E-state index contributed by atoms with van der Waals surface area (Å²) in [6.45, 7) is 1.90. The van der Waals surface area contributed by atoms with E-state index < -0.39 is 11.9 Å². The minimum absolute atomic E-state index is 0.0240. The Labute approximate surface area is 132 Å². The smallest absolute Gasteiger partial charge is 0.303 e. The van der Waals surface area contributed by atoms with Crippen LogP contribution in [0.2, 0.25) is 0 Å². The van der Waals surface area contributed by atoms with E-state index in [1.807, 2.05) is 0 Å². The molecule has 0 saturated carbocycles. The van der Waals surface area contributed by atoms with Crippen LogP contribution in [0.3, 0.4) is 0 Å². The van der Waals surface area contributed by atoms with Gasteiger partial charge in [-0.05, 0) is 24.1 Å². The lowest BCUT2D eigenvalue weighted by molar-refractivity contribution is -0.138. The third kappa shape index (κ3) is 4.87. The van der Waals surface area contributed by atoms with Crippen molar-refractivity contribution >= 4 is 17.8 Å². The molecular weight excluding hydrogens is 304 g/mol. The van der Waals surface area contributed by atoms with Crippen molar-refractivity contribution in [3.63, 3.8) is 0 Å². The lowest BCUT2D eigenvalue weighted by Gasteiger charge is -2.11. The number of hydrogen-bond donors (Lipinski definition) is 3. The van der Waals surface area contributed by atoms with E-state index >= 15 is 0 Å². The van der Waals surface area contributed by atoms with Crippen LogP contribution in [0.1, 0.15) is 23.7 Å². The molecule has 124 valence electrons. The number of carboxylic acid groups (broad SMARTS) is 1. The first-order valence-corrected chi connectivity index (χ1v) is 7.12. The van der Waals surface area contributed by atoms with Crippen LogP contribution in [-0.4, -0.2) is 42.8 Å². The van der Waals surface area contributed by atoms with Gasteiger partial charge in [-0.25, -0.2) is 0 Å². The van der Waals surface area contributed by atoms with E-state index in [0.717, 1.165) is 0 Å². The van der Waals surface area contributed by atoms with E-state index in [0.29, 0.717) is 17.1 Å². The summed E-state index contributed by atoms with van der Waals surface area (Å²) in [7, 11) is 0. The molecule has 8 heteroatoms. The van der Waals surface area contributed by atoms with Gasteiger partial charge in [0.1, 0.15) is 0 Å². The van der Waals surface area contributed by atoms with Gasteiger partial charge in [-0.3, -0.25) is 14.4 Å². The van der Waals surface area contributed by atoms with Crippen LogP contribution < -0.4 is 20.1 Å². The van der Waals surface area contributed by atoms with E-state index in [4.69, 9.17) is 14.6 Å². The summed E-state index contributed by atoms with van der Waals surface area (Å²) in [6, 6.07) is 4.76. The summed E-state index contributed by atoms with van der Waals surface area (Å²) >= 11 is 0. The van der Waals surface area contributed by atoms with Crippen molar-refractivity contribution in [3.8, 4) is 11.5 Å². The zero-order chi connectivity index (χ0) is 16.8. The van der Waals surface area contributed by atoms with Gasteiger partial charge in [0, 0.05) is 18.5 Å². The predicted molar refractivity (Wildman–Crippen MR) is 79.3 cm³/mol. The molecule has 1 aromatic carbocycles. The fourth-order valence-corrected chi connectivity index (χ4v) is 2.02. The largest absolute Gasteiger partial charge is 0.481 e. The summed E-state index contributed by atoms with van der Waals surface area (Å²) in [6.07, 6.45) is -0.0240. The number of carbonyl (C=O) groups is 3. The summed E-state index contributed by atoms with van der Waals surface area (Å²) < 4.78 is 10.3. The average Bonchev–Trinajstić information content (AvgIpc) is 2.97. The quantitative estimate of drug-likeness (QED) is 0.668. The van der Waals surface area contributed by atoms with Crippen molar-refractivity contribution in [1.82, 2.24) is 10.6 Å². The minimum atomic E-state index is -0.914. The minimum Gasteiger partial charge on any atom is -0.481 e. The van der Waals surface area contributed by atoms with Crippen molar-refractivity contribution in [3.05, 3.63) is 23.8 Å². The number of aliphatic carboxylic acids is 1. The van der Waals surface area contributed by atoms with Crippen LogP contribution in [0, 0.1) is 5.92 Å². The maximum atomic E-state index is 12.0. The Morgan fingerprint density at radius 2 is 1.96 bits per heavy atom. The Morgan fingerprint density at radius 1 is 1.22 bits per heavy atom. The normalized spacial score (nSPS) is 13.3. The molecule has 2 rings (SSSR count). The number of carbonyl (C=O) groups excluding carboxylic acids is 2. The molecule has 0 saturated heterocycles. The fraction of sp³-hybridized carbons (Fsp3) is 0.400. The molecule has 0 fully saturated rings. The molecule has 0 spiro atoms. The molecule has 0 aromatic heterocycles. The number of benzene rings is 1. The lowest BCUT2D eigenvalue weighted by Crippen LogP contribution is -2.38. The average molecular weight is 322 g/mol. The third-order valence-electron chi connectivity index (χ3n) is 3.22. The van der Waals surface area contributed by atoms with E-state index in [-0.39, 0.29) is 38.1 Å². The highest BCUT2D eigenvalue weighted by molar-refractivity contribution is 5.97. The van der Waals surface area contributed by atoms with Crippen molar-refractivity contribution < 1.29 is 29.0 Å². The highest BCUT2D eigenvalue weighted by Crippen LogP contribution is 2.32. The SMILES string of the molecule is CC(CNC(=O)CNC(=O)c1ccc2c(c1)OCO2)CC(=O)O. The van der Waals surface area contributed by atoms with Crippen LogP contribution in [0.25, 0.3) is 0 Å². The monoisotopic (exact) mass is 322 g/mol. The molecule has 0 bridgehead atoms. The highest BCUT2D eigenvalue weighted by Gasteiger charge is 2.16. The number of amides is 2. The van der Waals surface area contributed by atoms with Crippen molar-refractivity contribution in [2.75, 3.05) is 19.9 Å². The van der Waals surface area contributed by atoms with Gasteiger partial charge in [0.2, 0.25) is 12.7 Å².